The SMILES string of the molecule is CC1[C@@]2(C)CC[C@]1(C)c1nnc(C3CC3)cc12. The molecular weight excluding hydrogens is 208 g/mol. The fourth-order valence-corrected chi connectivity index (χ4v) is 4.19. The second-order valence-electron chi connectivity index (χ2n) is 6.86. The Labute approximate surface area is 103 Å². The van der Waals surface area contributed by atoms with E-state index in [1.54, 1.807) is 0 Å². The smallest absolute Gasteiger partial charge is 0.0730 e. The van der Waals surface area contributed by atoms with Crippen LogP contribution in [0.5, 0.6) is 0 Å². The Morgan fingerprint density at radius 2 is 1.82 bits per heavy atom. The number of nitrogens with zero attached hydrogens (tertiary/aromatic N) is 2. The molecule has 0 spiro atoms. The van der Waals surface area contributed by atoms with E-state index < -0.39 is 0 Å². The van der Waals surface area contributed by atoms with Gasteiger partial charge in [-0.2, -0.15) is 10.2 Å². The first-order chi connectivity index (χ1) is 8.06. The van der Waals surface area contributed by atoms with Gasteiger partial charge in [0.2, 0.25) is 0 Å². The van der Waals surface area contributed by atoms with Gasteiger partial charge in [0.25, 0.3) is 0 Å². The molecule has 1 unspecified atom stereocenters. The fraction of sp³-hybridized carbons (Fsp3) is 0.733. The van der Waals surface area contributed by atoms with Crippen LogP contribution < -0.4 is 0 Å². The third-order valence-corrected chi connectivity index (χ3v) is 6.04. The van der Waals surface area contributed by atoms with E-state index in [9.17, 15) is 0 Å². The number of hydrogen-bond donors (Lipinski definition) is 0. The molecule has 2 saturated carbocycles. The molecule has 0 amide bonds. The average Bonchev–Trinajstić information content (AvgIpc) is 3.12. The fourth-order valence-electron chi connectivity index (χ4n) is 4.19. The molecule has 3 aliphatic rings. The van der Waals surface area contributed by atoms with Crippen LogP contribution in [0.4, 0.5) is 0 Å². The lowest BCUT2D eigenvalue weighted by atomic mass is 9.77. The van der Waals surface area contributed by atoms with Gasteiger partial charge in [0.1, 0.15) is 0 Å². The lowest BCUT2D eigenvalue weighted by molar-refractivity contribution is 0.322. The van der Waals surface area contributed by atoms with Crippen LogP contribution in [0, 0.1) is 5.92 Å². The zero-order valence-electron chi connectivity index (χ0n) is 11.0. The third kappa shape index (κ3) is 1.03. The Morgan fingerprint density at radius 1 is 1.12 bits per heavy atom. The van der Waals surface area contributed by atoms with Gasteiger partial charge in [0.15, 0.2) is 0 Å². The summed E-state index contributed by atoms with van der Waals surface area (Å²) in [6.45, 7) is 7.23. The molecule has 3 atom stereocenters. The topological polar surface area (TPSA) is 25.8 Å². The van der Waals surface area contributed by atoms with Crippen molar-refractivity contribution in [2.75, 3.05) is 0 Å². The van der Waals surface area contributed by atoms with Gasteiger partial charge in [0.05, 0.1) is 11.4 Å². The van der Waals surface area contributed by atoms with Crippen molar-refractivity contribution in [1.82, 2.24) is 10.2 Å². The highest BCUT2D eigenvalue weighted by Gasteiger charge is 2.60. The van der Waals surface area contributed by atoms with Crippen molar-refractivity contribution in [3.8, 4) is 0 Å². The van der Waals surface area contributed by atoms with Gasteiger partial charge in [0, 0.05) is 11.3 Å². The molecule has 2 fully saturated rings. The van der Waals surface area contributed by atoms with Crippen molar-refractivity contribution in [3.05, 3.63) is 23.0 Å². The molecule has 1 aromatic heterocycles. The number of hydrogen-bond acceptors (Lipinski definition) is 2. The molecule has 1 heterocycles. The van der Waals surface area contributed by atoms with Gasteiger partial charge < -0.3 is 0 Å². The Kier molecular flexibility index (Phi) is 1.61. The minimum absolute atomic E-state index is 0.291. The van der Waals surface area contributed by atoms with Crippen molar-refractivity contribution >= 4 is 0 Å². The molecule has 0 aliphatic heterocycles. The minimum atomic E-state index is 0.291. The van der Waals surface area contributed by atoms with Gasteiger partial charge in [-0.1, -0.05) is 20.8 Å². The lowest BCUT2D eigenvalue weighted by Gasteiger charge is -2.26. The molecule has 90 valence electrons. The maximum atomic E-state index is 4.62. The summed E-state index contributed by atoms with van der Waals surface area (Å²) in [6.07, 6.45) is 5.25. The van der Waals surface area contributed by atoms with Gasteiger partial charge in [-0.05, 0) is 48.6 Å². The summed E-state index contributed by atoms with van der Waals surface area (Å²) in [5.41, 5.74) is 4.75. The Morgan fingerprint density at radius 3 is 2.53 bits per heavy atom. The van der Waals surface area contributed by atoms with E-state index in [2.05, 4.69) is 37.0 Å². The molecule has 2 nitrogen and oxygen atoms in total. The molecule has 4 rings (SSSR count). The summed E-state index contributed by atoms with van der Waals surface area (Å²) < 4.78 is 0. The number of aromatic nitrogens is 2. The molecule has 3 aliphatic carbocycles. The third-order valence-electron chi connectivity index (χ3n) is 6.04. The largest absolute Gasteiger partial charge is 0.155 e. The van der Waals surface area contributed by atoms with Crippen molar-refractivity contribution in [2.45, 2.75) is 63.2 Å². The quantitative estimate of drug-likeness (QED) is 0.737. The molecule has 0 saturated heterocycles. The normalized spacial score (nSPS) is 42.9. The molecule has 0 aromatic carbocycles. The average molecular weight is 228 g/mol. The van der Waals surface area contributed by atoms with Crippen molar-refractivity contribution < 1.29 is 0 Å². The first-order valence-corrected chi connectivity index (χ1v) is 6.94. The van der Waals surface area contributed by atoms with Crippen LogP contribution in [-0.2, 0) is 10.8 Å². The van der Waals surface area contributed by atoms with E-state index in [1.165, 1.54) is 42.6 Å². The van der Waals surface area contributed by atoms with Crippen molar-refractivity contribution in [1.29, 1.82) is 0 Å². The predicted molar refractivity (Wildman–Crippen MR) is 67.1 cm³/mol. The predicted octanol–water partition coefficient (Wildman–Crippen LogP) is 3.31. The van der Waals surface area contributed by atoms with Crippen molar-refractivity contribution in [2.24, 2.45) is 5.92 Å². The zero-order valence-corrected chi connectivity index (χ0v) is 11.0. The summed E-state index contributed by atoms with van der Waals surface area (Å²) in [6, 6.07) is 2.39. The first-order valence-electron chi connectivity index (χ1n) is 6.94. The van der Waals surface area contributed by atoms with Gasteiger partial charge in [-0.3, -0.25) is 0 Å². The molecule has 17 heavy (non-hydrogen) atoms. The summed E-state index contributed by atoms with van der Waals surface area (Å²) in [7, 11) is 0. The van der Waals surface area contributed by atoms with E-state index in [1.807, 2.05) is 0 Å². The first kappa shape index (κ1) is 10.0. The Balaban J connectivity index is 1.93. The molecule has 2 heteroatoms. The van der Waals surface area contributed by atoms with E-state index in [0.717, 1.165) is 5.92 Å². The van der Waals surface area contributed by atoms with Crippen LogP contribution in [0.15, 0.2) is 6.07 Å². The van der Waals surface area contributed by atoms with E-state index >= 15 is 0 Å². The maximum Gasteiger partial charge on any atom is 0.0730 e. The van der Waals surface area contributed by atoms with Crippen LogP contribution in [-0.4, -0.2) is 10.2 Å². The van der Waals surface area contributed by atoms with E-state index in [0.29, 0.717) is 16.7 Å². The number of fused-ring (bicyclic) bond motifs is 5. The highest BCUT2D eigenvalue weighted by molar-refractivity contribution is 5.46. The molecule has 2 bridgehead atoms. The van der Waals surface area contributed by atoms with Crippen LogP contribution in [0.3, 0.4) is 0 Å². The minimum Gasteiger partial charge on any atom is -0.155 e. The van der Waals surface area contributed by atoms with Gasteiger partial charge in [-0.25, -0.2) is 0 Å². The summed E-state index contributed by atoms with van der Waals surface area (Å²) in [5.74, 6) is 1.44. The van der Waals surface area contributed by atoms with Gasteiger partial charge in [-0.15, -0.1) is 0 Å². The lowest BCUT2D eigenvalue weighted by Crippen LogP contribution is -2.25. The summed E-state index contributed by atoms with van der Waals surface area (Å²) in [4.78, 5) is 0. The van der Waals surface area contributed by atoms with E-state index in [-0.39, 0.29) is 0 Å². The molecule has 0 N–H and O–H groups in total. The molecule has 0 radical (unpaired) electrons. The highest BCUT2D eigenvalue weighted by Crippen LogP contribution is 2.63. The van der Waals surface area contributed by atoms with Crippen LogP contribution >= 0.6 is 0 Å². The summed E-state index contributed by atoms with van der Waals surface area (Å²) >= 11 is 0. The highest BCUT2D eigenvalue weighted by atomic mass is 15.1. The van der Waals surface area contributed by atoms with E-state index in [4.69, 9.17) is 0 Å². The van der Waals surface area contributed by atoms with Gasteiger partial charge >= 0.3 is 0 Å². The van der Waals surface area contributed by atoms with Crippen LogP contribution in [0.2, 0.25) is 0 Å². The molecular formula is C15H20N2. The van der Waals surface area contributed by atoms with Crippen molar-refractivity contribution in [3.63, 3.8) is 0 Å². The van der Waals surface area contributed by atoms with Crippen LogP contribution in [0.25, 0.3) is 0 Å². The Hall–Kier alpha value is -0.920. The molecule has 1 aromatic rings. The zero-order chi connectivity index (χ0) is 11.8. The Bertz CT molecular complexity index is 506. The number of rotatable bonds is 1. The second-order valence-corrected chi connectivity index (χ2v) is 6.86. The monoisotopic (exact) mass is 228 g/mol. The summed E-state index contributed by atoms with van der Waals surface area (Å²) in [5, 5.41) is 9.11. The van der Waals surface area contributed by atoms with Crippen LogP contribution in [0.1, 0.15) is 69.3 Å². The maximum absolute atomic E-state index is 4.62. The standard InChI is InChI=1S/C15H20N2/c1-9-14(2)6-7-15(9,3)13-11(14)8-12(16-17-13)10-4-5-10/h8-10H,4-7H2,1-3H3/t9?,14-,15+/m1/s1. The second kappa shape index (κ2) is 2.73.